The molecule has 0 radical (unpaired) electrons. The van der Waals surface area contributed by atoms with Gasteiger partial charge in [0.25, 0.3) is 0 Å². The zero-order valence-electron chi connectivity index (χ0n) is 3.82. The van der Waals surface area contributed by atoms with Crippen LogP contribution in [0.4, 0.5) is 4.39 Å². The van der Waals surface area contributed by atoms with Crippen LogP contribution in [0.25, 0.3) is 0 Å². The van der Waals surface area contributed by atoms with E-state index in [1.54, 1.807) is 12.2 Å². The van der Waals surface area contributed by atoms with Crippen molar-refractivity contribution in [1.29, 1.82) is 0 Å². The Hall–Kier alpha value is -0.810. The van der Waals surface area contributed by atoms with Crippen LogP contribution >= 0.6 is 0 Å². The standard InChI is InChI=1S/C6H5F/c7-6-4-2-1-3-5-6/h2-4H,5H2. The van der Waals surface area contributed by atoms with Crippen LogP contribution in [0.15, 0.2) is 29.8 Å². The molecule has 0 aromatic carbocycles. The molecule has 0 heterocycles. The minimum absolute atomic E-state index is 0.0845. The number of hydrogen-bond donors (Lipinski definition) is 0. The van der Waals surface area contributed by atoms with Crippen LogP contribution in [0.1, 0.15) is 6.42 Å². The van der Waals surface area contributed by atoms with E-state index >= 15 is 0 Å². The van der Waals surface area contributed by atoms with E-state index in [4.69, 9.17) is 0 Å². The fourth-order valence-electron chi connectivity index (χ4n) is 0.431. The summed E-state index contributed by atoms with van der Waals surface area (Å²) in [6.07, 6.45) is 5.06. The van der Waals surface area contributed by atoms with Crippen LogP contribution in [0, 0.1) is 0 Å². The maximum Gasteiger partial charge on any atom is 0.105 e. The van der Waals surface area contributed by atoms with Gasteiger partial charge in [0, 0.05) is 6.42 Å². The molecule has 7 heavy (non-hydrogen) atoms. The van der Waals surface area contributed by atoms with Crippen molar-refractivity contribution in [3.8, 4) is 0 Å². The molecule has 1 aliphatic carbocycles. The van der Waals surface area contributed by atoms with Gasteiger partial charge in [0.15, 0.2) is 0 Å². The topological polar surface area (TPSA) is 0 Å². The number of halogens is 1. The van der Waals surface area contributed by atoms with Crippen molar-refractivity contribution in [2.24, 2.45) is 0 Å². The average Bonchev–Trinajstić information content (AvgIpc) is 1.69. The summed E-state index contributed by atoms with van der Waals surface area (Å²) in [4.78, 5) is 0. The van der Waals surface area contributed by atoms with Gasteiger partial charge in [-0.25, -0.2) is 4.39 Å². The summed E-state index contributed by atoms with van der Waals surface area (Å²) in [5, 5.41) is 0. The minimum atomic E-state index is -0.0845. The summed E-state index contributed by atoms with van der Waals surface area (Å²) in [6, 6.07) is 0. The molecule has 0 saturated carbocycles. The van der Waals surface area contributed by atoms with E-state index in [1.807, 2.05) is 0 Å². The molecule has 1 aliphatic rings. The number of rotatable bonds is 0. The maximum atomic E-state index is 11.9. The van der Waals surface area contributed by atoms with E-state index in [9.17, 15) is 4.39 Å². The molecule has 0 N–H and O–H groups in total. The van der Waals surface area contributed by atoms with E-state index in [0.717, 1.165) is 0 Å². The predicted molar refractivity (Wildman–Crippen MR) is 26.5 cm³/mol. The normalized spacial score (nSPS) is 17.0. The molecule has 0 saturated heterocycles. The molecule has 0 aromatic rings. The van der Waals surface area contributed by atoms with Crippen LogP contribution in [-0.4, -0.2) is 0 Å². The SMILES string of the molecule is FC1=CC=C=CC1. The van der Waals surface area contributed by atoms with Gasteiger partial charge in [0.1, 0.15) is 5.83 Å². The third-order valence-corrected chi connectivity index (χ3v) is 0.775. The van der Waals surface area contributed by atoms with Crippen molar-refractivity contribution in [1.82, 2.24) is 0 Å². The van der Waals surface area contributed by atoms with Gasteiger partial charge in [-0.2, -0.15) is 0 Å². The summed E-state index contributed by atoms with van der Waals surface area (Å²) in [6.45, 7) is 0. The molecular formula is C6H5F. The third-order valence-electron chi connectivity index (χ3n) is 0.775. The Morgan fingerprint density at radius 1 is 1.71 bits per heavy atom. The summed E-state index contributed by atoms with van der Waals surface area (Å²) in [7, 11) is 0. The van der Waals surface area contributed by atoms with Gasteiger partial charge in [-0.3, -0.25) is 0 Å². The van der Waals surface area contributed by atoms with Crippen molar-refractivity contribution in [2.75, 3.05) is 0 Å². The largest absolute Gasteiger partial charge is 0.211 e. The zero-order chi connectivity index (χ0) is 5.11. The molecular weight excluding hydrogens is 91.1 g/mol. The van der Waals surface area contributed by atoms with Gasteiger partial charge in [-0.1, -0.05) is 0 Å². The summed E-state index contributed by atoms with van der Waals surface area (Å²) >= 11 is 0. The third kappa shape index (κ3) is 1.02. The lowest BCUT2D eigenvalue weighted by atomic mass is 10.3. The number of hydrogen-bond acceptors (Lipinski definition) is 0. The summed E-state index contributed by atoms with van der Waals surface area (Å²) in [5.41, 5.74) is 2.75. The van der Waals surface area contributed by atoms with Crippen LogP contribution < -0.4 is 0 Å². The van der Waals surface area contributed by atoms with Crippen molar-refractivity contribution in [2.45, 2.75) is 6.42 Å². The first-order valence-electron chi connectivity index (χ1n) is 2.15. The fourth-order valence-corrected chi connectivity index (χ4v) is 0.431. The van der Waals surface area contributed by atoms with E-state index in [-0.39, 0.29) is 5.83 Å². The Balaban J connectivity index is 2.77. The van der Waals surface area contributed by atoms with E-state index < -0.39 is 0 Å². The molecule has 0 atom stereocenters. The van der Waals surface area contributed by atoms with E-state index in [2.05, 4.69) is 5.73 Å². The van der Waals surface area contributed by atoms with Gasteiger partial charge >= 0.3 is 0 Å². The summed E-state index contributed by atoms with van der Waals surface area (Å²) < 4.78 is 11.9. The smallest absolute Gasteiger partial charge is 0.105 e. The van der Waals surface area contributed by atoms with E-state index in [0.29, 0.717) is 6.42 Å². The Morgan fingerprint density at radius 3 is 2.86 bits per heavy atom. The van der Waals surface area contributed by atoms with Crippen molar-refractivity contribution in [3.05, 3.63) is 29.8 Å². The Kier molecular flexibility index (Phi) is 1.10. The summed E-state index contributed by atoms with van der Waals surface area (Å²) in [5.74, 6) is -0.0845. The molecule has 1 rings (SSSR count). The quantitative estimate of drug-likeness (QED) is 0.404. The van der Waals surface area contributed by atoms with Gasteiger partial charge in [0.05, 0.1) is 0 Å². The predicted octanol–water partition coefficient (Wildman–Crippen LogP) is 1.95. The lowest BCUT2D eigenvalue weighted by Gasteiger charge is -1.87. The second-order valence-corrected chi connectivity index (χ2v) is 1.36. The Morgan fingerprint density at radius 2 is 2.57 bits per heavy atom. The Bertz CT molecular complexity index is 148. The maximum absolute atomic E-state index is 11.9. The fraction of sp³-hybridized carbons (Fsp3) is 0.167. The lowest BCUT2D eigenvalue weighted by molar-refractivity contribution is 0.617. The highest BCUT2D eigenvalue weighted by Gasteiger charge is 1.88. The molecule has 1 heteroatoms. The first-order valence-corrected chi connectivity index (χ1v) is 2.15. The zero-order valence-corrected chi connectivity index (χ0v) is 3.82. The second kappa shape index (κ2) is 1.76. The van der Waals surface area contributed by atoms with Crippen LogP contribution in [-0.2, 0) is 0 Å². The molecule has 0 aromatic heterocycles. The molecule has 0 spiro atoms. The minimum Gasteiger partial charge on any atom is -0.211 e. The molecule has 0 bridgehead atoms. The van der Waals surface area contributed by atoms with Gasteiger partial charge in [-0.05, 0) is 18.2 Å². The molecule has 0 amide bonds. The van der Waals surface area contributed by atoms with Gasteiger partial charge < -0.3 is 0 Å². The van der Waals surface area contributed by atoms with Crippen LogP contribution in [0.2, 0.25) is 0 Å². The van der Waals surface area contributed by atoms with E-state index in [1.165, 1.54) is 6.08 Å². The monoisotopic (exact) mass is 96.0 g/mol. The Labute approximate surface area is 41.7 Å². The van der Waals surface area contributed by atoms with Crippen LogP contribution in [0.3, 0.4) is 0 Å². The van der Waals surface area contributed by atoms with Crippen molar-refractivity contribution >= 4 is 0 Å². The highest BCUT2D eigenvalue weighted by molar-refractivity contribution is 5.14. The molecule has 0 fully saturated rings. The first-order chi connectivity index (χ1) is 3.39. The van der Waals surface area contributed by atoms with Crippen LogP contribution in [0.5, 0.6) is 0 Å². The molecule has 0 nitrogen and oxygen atoms in total. The average molecular weight is 96.1 g/mol. The first kappa shape index (κ1) is 4.35. The molecule has 36 valence electrons. The molecule has 0 aliphatic heterocycles. The highest BCUT2D eigenvalue weighted by Crippen LogP contribution is 2.05. The van der Waals surface area contributed by atoms with Gasteiger partial charge in [0.2, 0.25) is 0 Å². The molecule has 0 unspecified atom stereocenters. The van der Waals surface area contributed by atoms with Crippen molar-refractivity contribution < 1.29 is 4.39 Å². The lowest BCUT2D eigenvalue weighted by Crippen LogP contribution is -1.70. The number of allylic oxidation sites excluding steroid dienone is 3. The van der Waals surface area contributed by atoms with Crippen molar-refractivity contribution in [3.63, 3.8) is 0 Å². The second-order valence-electron chi connectivity index (χ2n) is 1.36. The van der Waals surface area contributed by atoms with Gasteiger partial charge in [-0.15, -0.1) is 5.73 Å². The highest BCUT2D eigenvalue weighted by atomic mass is 19.1.